The summed E-state index contributed by atoms with van der Waals surface area (Å²) in [5.41, 5.74) is 3.30. The molecule has 16 heavy (non-hydrogen) atoms. The Kier molecular flexibility index (Phi) is 4.53. The average Bonchev–Trinajstić information content (AvgIpc) is 2.25. The average molecular weight is 219 g/mol. The second-order valence-electron chi connectivity index (χ2n) is 4.43. The highest BCUT2D eigenvalue weighted by Crippen LogP contribution is 2.19. The summed E-state index contributed by atoms with van der Waals surface area (Å²) in [4.78, 5) is 11.9. The minimum atomic E-state index is 0.0879. The van der Waals surface area contributed by atoms with Gasteiger partial charge in [-0.15, -0.1) is 0 Å². The molecule has 1 aromatic rings. The van der Waals surface area contributed by atoms with Crippen LogP contribution in [0.15, 0.2) is 18.2 Å². The molecule has 0 unspecified atom stereocenters. The Morgan fingerprint density at radius 2 is 2.06 bits per heavy atom. The van der Waals surface area contributed by atoms with E-state index in [0.29, 0.717) is 0 Å². The standard InChI is InChI=1S/C14H21NO/c1-5-7-11(3)14(16)15-13-9-6-8-10(2)12(13)4/h6,8-9,11H,5,7H2,1-4H3,(H,15,16)/t11-/m1/s1. The van der Waals surface area contributed by atoms with E-state index in [1.807, 2.05) is 26.0 Å². The molecule has 0 heterocycles. The lowest BCUT2D eigenvalue weighted by Crippen LogP contribution is -2.20. The van der Waals surface area contributed by atoms with E-state index in [1.54, 1.807) is 0 Å². The quantitative estimate of drug-likeness (QED) is 0.822. The van der Waals surface area contributed by atoms with E-state index in [1.165, 1.54) is 5.56 Å². The van der Waals surface area contributed by atoms with E-state index in [9.17, 15) is 4.79 Å². The Labute approximate surface area is 98.1 Å². The van der Waals surface area contributed by atoms with Crippen molar-refractivity contribution in [2.75, 3.05) is 5.32 Å². The topological polar surface area (TPSA) is 29.1 Å². The Hall–Kier alpha value is -1.31. The number of carbonyl (C=O) groups is 1. The summed E-state index contributed by atoms with van der Waals surface area (Å²) in [7, 11) is 0. The zero-order chi connectivity index (χ0) is 12.1. The van der Waals surface area contributed by atoms with Crippen LogP contribution in [0.25, 0.3) is 0 Å². The van der Waals surface area contributed by atoms with Crippen molar-refractivity contribution >= 4 is 11.6 Å². The first kappa shape index (κ1) is 12.8. The Morgan fingerprint density at radius 3 is 2.69 bits per heavy atom. The number of aryl methyl sites for hydroxylation is 1. The number of carbonyl (C=O) groups excluding carboxylic acids is 1. The predicted molar refractivity (Wildman–Crippen MR) is 68.6 cm³/mol. The summed E-state index contributed by atoms with van der Waals surface area (Å²) >= 11 is 0. The molecular formula is C14H21NO. The summed E-state index contributed by atoms with van der Waals surface area (Å²) in [6.45, 7) is 8.17. The molecular weight excluding hydrogens is 198 g/mol. The lowest BCUT2D eigenvalue weighted by atomic mass is 10.0. The smallest absolute Gasteiger partial charge is 0.227 e. The Balaban J connectivity index is 2.73. The van der Waals surface area contributed by atoms with E-state index in [0.717, 1.165) is 24.1 Å². The van der Waals surface area contributed by atoms with Crippen molar-refractivity contribution in [2.45, 2.75) is 40.5 Å². The summed E-state index contributed by atoms with van der Waals surface area (Å²) < 4.78 is 0. The van der Waals surface area contributed by atoms with Crippen molar-refractivity contribution in [3.8, 4) is 0 Å². The van der Waals surface area contributed by atoms with Gasteiger partial charge in [-0.1, -0.05) is 32.4 Å². The third-order valence-electron chi connectivity index (χ3n) is 3.03. The molecule has 1 N–H and O–H groups in total. The van der Waals surface area contributed by atoms with Gasteiger partial charge < -0.3 is 5.32 Å². The minimum absolute atomic E-state index is 0.0879. The van der Waals surface area contributed by atoms with Gasteiger partial charge in [0.05, 0.1) is 0 Å². The van der Waals surface area contributed by atoms with Crippen LogP contribution >= 0.6 is 0 Å². The summed E-state index contributed by atoms with van der Waals surface area (Å²) in [5, 5.41) is 3.00. The summed E-state index contributed by atoms with van der Waals surface area (Å²) in [5.74, 6) is 0.209. The van der Waals surface area contributed by atoms with Crippen LogP contribution in [0.1, 0.15) is 37.8 Å². The molecule has 0 radical (unpaired) electrons. The van der Waals surface area contributed by atoms with Gasteiger partial charge in [0.1, 0.15) is 0 Å². The number of hydrogen-bond acceptors (Lipinski definition) is 1. The third-order valence-corrected chi connectivity index (χ3v) is 3.03. The van der Waals surface area contributed by atoms with Gasteiger partial charge in [-0.25, -0.2) is 0 Å². The van der Waals surface area contributed by atoms with Crippen molar-refractivity contribution in [2.24, 2.45) is 5.92 Å². The van der Waals surface area contributed by atoms with Gasteiger partial charge in [-0.2, -0.15) is 0 Å². The van der Waals surface area contributed by atoms with Gasteiger partial charge >= 0.3 is 0 Å². The number of hydrogen-bond donors (Lipinski definition) is 1. The molecule has 0 aliphatic heterocycles. The minimum Gasteiger partial charge on any atom is -0.326 e. The predicted octanol–water partition coefficient (Wildman–Crippen LogP) is 3.68. The van der Waals surface area contributed by atoms with Crippen LogP contribution in [0.5, 0.6) is 0 Å². The molecule has 0 fully saturated rings. The monoisotopic (exact) mass is 219 g/mol. The second kappa shape index (κ2) is 5.69. The van der Waals surface area contributed by atoms with E-state index in [4.69, 9.17) is 0 Å². The molecule has 1 amide bonds. The molecule has 1 atom stereocenters. The van der Waals surface area contributed by atoms with Crippen molar-refractivity contribution < 1.29 is 4.79 Å². The SMILES string of the molecule is CCC[C@@H](C)C(=O)Nc1cccc(C)c1C. The van der Waals surface area contributed by atoms with Crippen molar-refractivity contribution in [1.29, 1.82) is 0 Å². The summed E-state index contributed by atoms with van der Waals surface area (Å²) in [6, 6.07) is 5.99. The first-order valence-corrected chi connectivity index (χ1v) is 5.93. The van der Waals surface area contributed by atoms with Crippen LogP contribution in [0.2, 0.25) is 0 Å². The van der Waals surface area contributed by atoms with Crippen molar-refractivity contribution in [1.82, 2.24) is 0 Å². The zero-order valence-corrected chi connectivity index (χ0v) is 10.6. The largest absolute Gasteiger partial charge is 0.326 e. The lowest BCUT2D eigenvalue weighted by molar-refractivity contribution is -0.119. The van der Waals surface area contributed by atoms with Crippen LogP contribution in [0, 0.1) is 19.8 Å². The normalized spacial score (nSPS) is 12.2. The van der Waals surface area contributed by atoms with E-state index >= 15 is 0 Å². The summed E-state index contributed by atoms with van der Waals surface area (Å²) in [6.07, 6.45) is 1.98. The highest BCUT2D eigenvalue weighted by atomic mass is 16.1. The lowest BCUT2D eigenvalue weighted by Gasteiger charge is -2.14. The Morgan fingerprint density at radius 1 is 1.38 bits per heavy atom. The van der Waals surface area contributed by atoms with Gasteiger partial charge in [-0.05, 0) is 37.5 Å². The van der Waals surface area contributed by atoms with E-state index in [2.05, 4.69) is 25.2 Å². The molecule has 0 aliphatic carbocycles. The van der Waals surface area contributed by atoms with Gasteiger partial charge in [-0.3, -0.25) is 4.79 Å². The maximum atomic E-state index is 11.9. The first-order valence-electron chi connectivity index (χ1n) is 5.93. The van der Waals surface area contributed by atoms with E-state index in [-0.39, 0.29) is 11.8 Å². The maximum Gasteiger partial charge on any atom is 0.227 e. The number of amides is 1. The number of benzene rings is 1. The Bertz CT molecular complexity index is 371. The third kappa shape index (κ3) is 3.09. The van der Waals surface area contributed by atoms with Gasteiger partial charge in [0.2, 0.25) is 5.91 Å². The maximum absolute atomic E-state index is 11.9. The molecule has 1 rings (SSSR count). The fourth-order valence-electron chi connectivity index (χ4n) is 1.71. The number of nitrogens with one attached hydrogen (secondary N) is 1. The van der Waals surface area contributed by atoms with Gasteiger partial charge in [0.25, 0.3) is 0 Å². The van der Waals surface area contributed by atoms with Crippen LogP contribution < -0.4 is 5.32 Å². The molecule has 0 aliphatic rings. The first-order chi connectivity index (χ1) is 7.56. The number of rotatable bonds is 4. The second-order valence-corrected chi connectivity index (χ2v) is 4.43. The molecule has 0 saturated carbocycles. The fraction of sp³-hybridized carbons (Fsp3) is 0.500. The van der Waals surface area contributed by atoms with Crippen LogP contribution in [-0.4, -0.2) is 5.91 Å². The van der Waals surface area contributed by atoms with Crippen LogP contribution in [-0.2, 0) is 4.79 Å². The van der Waals surface area contributed by atoms with Gasteiger partial charge in [0, 0.05) is 11.6 Å². The van der Waals surface area contributed by atoms with E-state index < -0.39 is 0 Å². The molecule has 1 aromatic carbocycles. The van der Waals surface area contributed by atoms with Gasteiger partial charge in [0.15, 0.2) is 0 Å². The highest BCUT2D eigenvalue weighted by molar-refractivity contribution is 5.93. The number of anilines is 1. The molecule has 2 heteroatoms. The van der Waals surface area contributed by atoms with Crippen LogP contribution in [0.3, 0.4) is 0 Å². The van der Waals surface area contributed by atoms with Crippen LogP contribution in [0.4, 0.5) is 5.69 Å². The molecule has 0 spiro atoms. The molecule has 88 valence electrons. The molecule has 2 nitrogen and oxygen atoms in total. The zero-order valence-electron chi connectivity index (χ0n) is 10.6. The molecule has 0 aromatic heterocycles. The highest BCUT2D eigenvalue weighted by Gasteiger charge is 2.12. The fourth-order valence-corrected chi connectivity index (χ4v) is 1.71. The van der Waals surface area contributed by atoms with Crippen molar-refractivity contribution in [3.63, 3.8) is 0 Å². The molecule has 0 saturated heterocycles. The molecule has 0 bridgehead atoms. The van der Waals surface area contributed by atoms with Crippen molar-refractivity contribution in [3.05, 3.63) is 29.3 Å².